The lowest BCUT2D eigenvalue weighted by atomic mass is 10.0. The fourth-order valence-corrected chi connectivity index (χ4v) is 3.24. The van der Waals surface area contributed by atoms with E-state index >= 15 is 0 Å². The van der Waals surface area contributed by atoms with Crippen LogP contribution in [0.2, 0.25) is 0 Å². The Hall–Kier alpha value is -2.61. The number of nitrogens with one attached hydrogen (secondary N) is 1. The van der Waals surface area contributed by atoms with Gasteiger partial charge in [-0.15, -0.1) is 0 Å². The molecule has 2 aromatic carbocycles. The molecule has 0 aliphatic carbocycles. The SMILES string of the molecule is CC(C)Cc1ccccc1Nc1nc(N(Br)c2ccccc2)ncc1C(F)(F)F. The topological polar surface area (TPSA) is 41.1 Å². The van der Waals surface area contributed by atoms with E-state index < -0.39 is 11.7 Å². The van der Waals surface area contributed by atoms with Crippen LogP contribution in [0.25, 0.3) is 0 Å². The highest BCUT2D eigenvalue weighted by molar-refractivity contribution is 9.10. The second-order valence-electron chi connectivity index (χ2n) is 6.93. The molecule has 4 nitrogen and oxygen atoms in total. The number of hydrogen-bond donors (Lipinski definition) is 1. The molecule has 0 aliphatic rings. The van der Waals surface area contributed by atoms with Crippen LogP contribution in [0.4, 0.5) is 36.3 Å². The summed E-state index contributed by atoms with van der Waals surface area (Å²) in [5.74, 6) is 0.157. The number of alkyl halides is 3. The van der Waals surface area contributed by atoms with Crippen molar-refractivity contribution >= 4 is 39.3 Å². The van der Waals surface area contributed by atoms with Crippen molar-refractivity contribution in [1.29, 1.82) is 0 Å². The Morgan fingerprint density at radius 2 is 1.69 bits per heavy atom. The smallest absolute Gasteiger partial charge is 0.339 e. The van der Waals surface area contributed by atoms with Crippen molar-refractivity contribution in [2.45, 2.75) is 26.4 Å². The van der Waals surface area contributed by atoms with E-state index in [0.29, 0.717) is 17.3 Å². The van der Waals surface area contributed by atoms with E-state index in [1.54, 1.807) is 24.3 Å². The van der Waals surface area contributed by atoms with Gasteiger partial charge < -0.3 is 5.32 Å². The number of nitrogens with zero attached hydrogens (tertiary/aromatic N) is 3. The largest absolute Gasteiger partial charge is 0.421 e. The molecular formula is C21H20BrF3N4. The zero-order valence-corrected chi connectivity index (χ0v) is 17.5. The molecule has 3 aromatic rings. The van der Waals surface area contributed by atoms with E-state index in [1.165, 1.54) is 3.93 Å². The zero-order chi connectivity index (χ0) is 21.0. The summed E-state index contributed by atoms with van der Waals surface area (Å²) in [5, 5.41) is 2.88. The van der Waals surface area contributed by atoms with Crippen LogP contribution in [-0.4, -0.2) is 9.97 Å². The average Bonchev–Trinajstić information content (AvgIpc) is 2.68. The van der Waals surface area contributed by atoms with E-state index in [-0.39, 0.29) is 11.8 Å². The summed E-state index contributed by atoms with van der Waals surface area (Å²) in [7, 11) is 0. The number of hydrogen-bond acceptors (Lipinski definition) is 4. The Morgan fingerprint density at radius 3 is 2.34 bits per heavy atom. The minimum atomic E-state index is -4.59. The maximum Gasteiger partial charge on any atom is 0.421 e. The number of aromatic nitrogens is 2. The van der Waals surface area contributed by atoms with Gasteiger partial charge in [-0.1, -0.05) is 50.2 Å². The van der Waals surface area contributed by atoms with Gasteiger partial charge in [0.25, 0.3) is 0 Å². The third-order valence-electron chi connectivity index (χ3n) is 4.14. The van der Waals surface area contributed by atoms with Crippen molar-refractivity contribution in [3.05, 3.63) is 71.9 Å². The van der Waals surface area contributed by atoms with Crippen LogP contribution < -0.4 is 9.24 Å². The third-order valence-corrected chi connectivity index (χ3v) is 4.87. The molecule has 0 spiro atoms. The van der Waals surface area contributed by atoms with Crippen LogP contribution in [0.1, 0.15) is 25.0 Å². The summed E-state index contributed by atoms with van der Waals surface area (Å²) in [6.07, 6.45) is -3.05. The molecule has 29 heavy (non-hydrogen) atoms. The fourth-order valence-electron chi connectivity index (χ4n) is 2.83. The highest BCUT2D eigenvalue weighted by Crippen LogP contribution is 2.37. The number of rotatable bonds is 6. The number of anilines is 4. The number of benzene rings is 2. The summed E-state index contributed by atoms with van der Waals surface area (Å²) in [6, 6.07) is 16.4. The van der Waals surface area contributed by atoms with Crippen molar-refractivity contribution < 1.29 is 13.2 Å². The summed E-state index contributed by atoms with van der Waals surface area (Å²) < 4.78 is 42.2. The number of halogens is 4. The van der Waals surface area contributed by atoms with Crippen molar-refractivity contribution in [2.75, 3.05) is 9.24 Å². The van der Waals surface area contributed by atoms with Crippen LogP contribution in [0.15, 0.2) is 60.8 Å². The van der Waals surface area contributed by atoms with Crippen molar-refractivity contribution in [3.63, 3.8) is 0 Å². The molecule has 0 amide bonds. The first-order valence-electron chi connectivity index (χ1n) is 9.06. The lowest BCUT2D eigenvalue weighted by Gasteiger charge is -2.19. The van der Waals surface area contributed by atoms with Gasteiger partial charge in [0.15, 0.2) is 0 Å². The van der Waals surface area contributed by atoms with Gasteiger partial charge in [-0.25, -0.2) is 8.91 Å². The highest BCUT2D eigenvalue weighted by atomic mass is 79.9. The van der Waals surface area contributed by atoms with Gasteiger partial charge in [0.2, 0.25) is 5.95 Å². The van der Waals surface area contributed by atoms with Crippen LogP contribution >= 0.6 is 16.1 Å². The van der Waals surface area contributed by atoms with Crippen molar-refractivity contribution in [3.8, 4) is 0 Å². The Kier molecular flexibility index (Phi) is 6.42. The molecule has 1 heterocycles. The predicted molar refractivity (Wildman–Crippen MR) is 113 cm³/mol. The molecule has 1 aromatic heterocycles. The summed E-state index contributed by atoms with van der Waals surface area (Å²) in [4.78, 5) is 8.07. The monoisotopic (exact) mass is 464 g/mol. The second-order valence-corrected chi connectivity index (χ2v) is 7.64. The molecule has 0 radical (unpaired) electrons. The molecule has 0 bridgehead atoms. The Labute approximate surface area is 176 Å². The zero-order valence-electron chi connectivity index (χ0n) is 15.9. The first-order valence-corrected chi connectivity index (χ1v) is 9.76. The van der Waals surface area contributed by atoms with Gasteiger partial charge in [-0.3, -0.25) is 0 Å². The first kappa shape index (κ1) is 21.1. The van der Waals surface area contributed by atoms with Crippen LogP contribution in [0, 0.1) is 5.92 Å². The van der Waals surface area contributed by atoms with E-state index in [1.807, 2.05) is 30.3 Å². The van der Waals surface area contributed by atoms with Crippen LogP contribution in [0.3, 0.4) is 0 Å². The van der Waals surface area contributed by atoms with Gasteiger partial charge in [-0.05, 0) is 36.1 Å². The molecule has 0 aliphatic heterocycles. The molecule has 0 saturated heterocycles. The lowest BCUT2D eigenvalue weighted by molar-refractivity contribution is -0.137. The van der Waals surface area contributed by atoms with E-state index in [2.05, 4.69) is 45.3 Å². The highest BCUT2D eigenvalue weighted by Gasteiger charge is 2.36. The van der Waals surface area contributed by atoms with E-state index in [0.717, 1.165) is 18.2 Å². The Balaban J connectivity index is 2.02. The van der Waals surface area contributed by atoms with Crippen LogP contribution in [-0.2, 0) is 12.6 Å². The molecule has 1 N–H and O–H groups in total. The standard InChI is InChI=1S/C21H20BrF3N4/c1-14(2)12-15-8-6-7-11-18(15)27-19-17(21(23,24)25)13-26-20(28-19)29(22)16-9-4-3-5-10-16/h3-11,13-14H,12H2,1-2H3,(H,26,27,28). The predicted octanol–water partition coefficient (Wildman–Crippen LogP) is 6.89. The van der Waals surface area contributed by atoms with Gasteiger partial charge >= 0.3 is 6.18 Å². The van der Waals surface area contributed by atoms with Gasteiger partial charge in [0.05, 0.1) is 21.8 Å². The Bertz CT molecular complexity index is 962. The van der Waals surface area contributed by atoms with E-state index in [9.17, 15) is 13.2 Å². The minimum absolute atomic E-state index is 0.0908. The quantitative estimate of drug-likeness (QED) is 0.403. The van der Waals surface area contributed by atoms with E-state index in [4.69, 9.17) is 0 Å². The lowest BCUT2D eigenvalue weighted by Crippen LogP contribution is -2.15. The molecule has 0 saturated carbocycles. The maximum absolute atomic E-state index is 13.6. The molecule has 0 fully saturated rings. The molecule has 3 rings (SSSR count). The molecule has 8 heteroatoms. The van der Waals surface area contributed by atoms with Crippen LogP contribution in [0.5, 0.6) is 0 Å². The average molecular weight is 465 g/mol. The maximum atomic E-state index is 13.6. The molecule has 152 valence electrons. The summed E-state index contributed by atoms with van der Waals surface area (Å²) in [5.41, 5.74) is 1.29. The van der Waals surface area contributed by atoms with Gasteiger partial charge in [0, 0.05) is 11.9 Å². The van der Waals surface area contributed by atoms with Crippen molar-refractivity contribution in [2.24, 2.45) is 5.92 Å². The first-order chi connectivity index (χ1) is 13.8. The minimum Gasteiger partial charge on any atom is -0.339 e. The summed E-state index contributed by atoms with van der Waals surface area (Å²) in [6.45, 7) is 4.12. The molecule has 0 unspecified atom stereocenters. The third kappa shape index (κ3) is 5.26. The van der Waals surface area contributed by atoms with Gasteiger partial charge in [0.1, 0.15) is 11.4 Å². The summed E-state index contributed by atoms with van der Waals surface area (Å²) >= 11 is 3.34. The number of para-hydroxylation sites is 2. The second kappa shape index (κ2) is 8.82. The Morgan fingerprint density at radius 1 is 1.03 bits per heavy atom. The van der Waals surface area contributed by atoms with Gasteiger partial charge in [-0.2, -0.15) is 18.2 Å². The fraction of sp³-hybridized carbons (Fsp3) is 0.238. The van der Waals surface area contributed by atoms with Crippen molar-refractivity contribution in [1.82, 2.24) is 9.97 Å². The molecule has 0 atom stereocenters. The molecular weight excluding hydrogens is 445 g/mol. The normalized spacial score (nSPS) is 11.6.